The fourth-order valence-corrected chi connectivity index (χ4v) is 1.68. The maximum absolute atomic E-state index is 11.5. The van der Waals surface area contributed by atoms with Crippen LogP contribution >= 0.6 is 0 Å². The third-order valence-electron chi connectivity index (χ3n) is 2.45. The second-order valence-corrected chi connectivity index (χ2v) is 3.46. The molecule has 0 saturated carbocycles. The van der Waals surface area contributed by atoms with E-state index in [4.69, 9.17) is 4.42 Å². The summed E-state index contributed by atoms with van der Waals surface area (Å²) in [4.78, 5) is 21.6. The number of nitro benzene ring substituents is 1. The average Bonchev–Trinajstić information content (AvgIpc) is 2.62. The van der Waals surface area contributed by atoms with E-state index in [0.29, 0.717) is 22.3 Å². The molecule has 6 heteroatoms. The highest BCUT2D eigenvalue weighted by Gasteiger charge is 2.20. The van der Waals surface area contributed by atoms with Gasteiger partial charge in [0.25, 0.3) is 5.69 Å². The van der Waals surface area contributed by atoms with E-state index in [1.807, 2.05) is 0 Å². The molecule has 88 valence electrons. The van der Waals surface area contributed by atoms with Crippen molar-refractivity contribution in [2.24, 2.45) is 0 Å². The molecule has 0 aliphatic carbocycles. The molecule has 0 aliphatic heterocycles. The van der Waals surface area contributed by atoms with Crippen molar-refractivity contribution in [2.75, 3.05) is 7.11 Å². The molecule has 1 heterocycles. The number of carbonyl (C=O) groups excluding carboxylic acids is 1. The van der Waals surface area contributed by atoms with Crippen molar-refractivity contribution < 1.29 is 18.9 Å². The number of rotatable bonds is 2. The highest BCUT2D eigenvalue weighted by atomic mass is 16.6. The normalized spacial score (nSPS) is 10.5. The molecule has 0 atom stereocenters. The van der Waals surface area contributed by atoms with Gasteiger partial charge in [-0.1, -0.05) is 0 Å². The number of ether oxygens (including phenoxy) is 1. The van der Waals surface area contributed by atoms with Crippen molar-refractivity contribution in [3.8, 4) is 0 Å². The maximum atomic E-state index is 11.5. The molecule has 6 nitrogen and oxygen atoms in total. The summed E-state index contributed by atoms with van der Waals surface area (Å²) in [6, 6.07) is 4.09. The number of aryl methyl sites for hydroxylation is 1. The third kappa shape index (κ3) is 1.73. The third-order valence-corrected chi connectivity index (χ3v) is 2.45. The largest absolute Gasteiger partial charge is 0.465 e. The Bertz CT molecular complexity index is 614. The molecule has 0 aliphatic rings. The van der Waals surface area contributed by atoms with Gasteiger partial charge in [-0.2, -0.15) is 0 Å². The number of benzene rings is 1. The summed E-state index contributed by atoms with van der Waals surface area (Å²) >= 11 is 0. The molecule has 2 aromatic rings. The minimum atomic E-state index is -0.519. The molecule has 0 fully saturated rings. The molecule has 0 N–H and O–H groups in total. The summed E-state index contributed by atoms with van der Waals surface area (Å²) in [6.45, 7) is 1.61. The Hall–Kier alpha value is -2.37. The first-order chi connectivity index (χ1) is 8.04. The Kier molecular flexibility index (Phi) is 2.55. The van der Waals surface area contributed by atoms with Crippen LogP contribution < -0.4 is 0 Å². The van der Waals surface area contributed by atoms with E-state index < -0.39 is 10.9 Å². The van der Waals surface area contributed by atoms with Gasteiger partial charge in [-0.3, -0.25) is 10.1 Å². The average molecular weight is 235 g/mol. The molecule has 2 rings (SSSR count). The Balaban J connectivity index is 2.68. The lowest BCUT2D eigenvalue weighted by Gasteiger charge is -1.96. The van der Waals surface area contributed by atoms with Crippen molar-refractivity contribution in [2.45, 2.75) is 6.92 Å². The van der Waals surface area contributed by atoms with E-state index in [0.717, 1.165) is 0 Å². The van der Waals surface area contributed by atoms with Crippen LogP contribution in [0.2, 0.25) is 0 Å². The molecule has 1 aromatic heterocycles. The minimum Gasteiger partial charge on any atom is -0.465 e. The van der Waals surface area contributed by atoms with Crippen LogP contribution in [0.1, 0.15) is 16.1 Å². The van der Waals surface area contributed by atoms with E-state index >= 15 is 0 Å². The van der Waals surface area contributed by atoms with Crippen LogP contribution in [0.5, 0.6) is 0 Å². The number of fused-ring (bicyclic) bond motifs is 1. The van der Waals surface area contributed by atoms with Gasteiger partial charge < -0.3 is 9.15 Å². The number of methoxy groups -OCH3 is 1. The van der Waals surface area contributed by atoms with Crippen LogP contribution in [-0.4, -0.2) is 18.0 Å². The first-order valence-corrected chi connectivity index (χ1v) is 4.80. The zero-order valence-electron chi connectivity index (χ0n) is 9.22. The van der Waals surface area contributed by atoms with Gasteiger partial charge in [-0.25, -0.2) is 4.79 Å². The van der Waals surface area contributed by atoms with Gasteiger partial charge in [0, 0.05) is 11.5 Å². The van der Waals surface area contributed by atoms with Gasteiger partial charge in [0.05, 0.1) is 18.1 Å². The first kappa shape index (κ1) is 11.1. The molecular weight excluding hydrogens is 226 g/mol. The summed E-state index contributed by atoms with van der Waals surface area (Å²) in [5.74, 6) is -0.137. The summed E-state index contributed by atoms with van der Waals surface area (Å²) < 4.78 is 9.94. The fraction of sp³-hybridized carbons (Fsp3) is 0.182. The monoisotopic (exact) mass is 235 g/mol. The standard InChI is InChI=1S/C11H9NO5/c1-6-10(11(13)16-2)8-4-3-7(12(14)15)5-9(8)17-6/h3-5H,1-2H3. The first-order valence-electron chi connectivity index (χ1n) is 4.80. The molecule has 17 heavy (non-hydrogen) atoms. The summed E-state index contributed by atoms with van der Waals surface area (Å²) in [5.41, 5.74) is 0.525. The lowest BCUT2D eigenvalue weighted by Crippen LogP contribution is -2.01. The van der Waals surface area contributed by atoms with E-state index in [1.54, 1.807) is 6.92 Å². The molecule has 0 unspecified atom stereocenters. The highest BCUT2D eigenvalue weighted by Crippen LogP contribution is 2.29. The van der Waals surface area contributed by atoms with Crippen LogP contribution in [0.15, 0.2) is 22.6 Å². The van der Waals surface area contributed by atoms with E-state index in [9.17, 15) is 14.9 Å². The summed E-state index contributed by atoms with van der Waals surface area (Å²) in [5, 5.41) is 11.1. The Labute approximate surface area is 95.9 Å². The van der Waals surface area contributed by atoms with Crippen LogP contribution in [0, 0.1) is 17.0 Å². The Morgan fingerprint density at radius 2 is 2.18 bits per heavy atom. The topological polar surface area (TPSA) is 82.6 Å². The van der Waals surface area contributed by atoms with E-state index in [2.05, 4.69) is 4.74 Å². The molecule has 0 saturated heterocycles. The molecule has 0 spiro atoms. The maximum Gasteiger partial charge on any atom is 0.342 e. The van der Waals surface area contributed by atoms with Gasteiger partial charge >= 0.3 is 5.97 Å². The van der Waals surface area contributed by atoms with Crippen molar-refractivity contribution in [1.29, 1.82) is 0 Å². The Morgan fingerprint density at radius 3 is 2.76 bits per heavy atom. The van der Waals surface area contributed by atoms with Crippen molar-refractivity contribution in [3.63, 3.8) is 0 Å². The Morgan fingerprint density at radius 1 is 1.47 bits per heavy atom. The lowest BCUT2D eigenvalue weighted by atomic mass is 10.1. The zero-order valence-corrected chi connectivity index (χ0v) is 9.22. The van der Waals surface area contributed by atoms with Gasteiger partial charge in [0.2, 0.25) is 0 Å². The SMILES string of the molecule is COC(=O)c1c(C)oc2cc([N+](=O)[O-])ccc12. The summed E-state index contributed by atoms with van der Waals surface area (Å²) in [7, 11) is 1.27. The number of hydrogen-bond donors (Lipinski definition) is 0. The lowest BCUT2D eigenvalue weighted by molar-refractivity contribution is -0.384. The second kappa shape index (κ2) is 3.89. The molecular formula is C11H9NO5. The number of non-ortho nitro benzene ring substituents is 1. The van der Waals surface area contributed by atoms with Gasteiger partial charge in [0.1, 0.15) is 16.9 Å². The molecule has 0 amide bonds. The van der Waals surface area contributed by atoms with Crippen LogP contribution in [-0.2, 0) is 4.74 Å². The van der Waals surface area contributed by atoms with Crippen LogP contribution in [0.25, 0.3) is 11.0 Å². The number of furan rings is 1. The molecule has 1 aromatic carbocycles. The zero-order chi connectivity index (χ0) is 12.6. The summed E-state index contributed by atoms with van der Waals surface area (Å²) in [6.07, 6.45) is 0. The van der Waals surface area contributed by atoms with Crippen molar-refractivity contribution >= 4 is 22.6 Å². The quantitative estimate of drug-likeness (QED) is 0.453. The number of carbonyl (C=O) groups is 1. The predicted molar refractivity (Wildman–Crippen MR) is 58.9 cm³/mol. The number of nitrogens with zero attached hydrogens (tertiary/aromatic N) is 1. The van der Waals surface area contributed by atoms with Crippen LogP contribution in [0.4, 0.5) is 5.69 Å². The van der Waals surface area contributed by atoms with E-state index in [-0.39, 0.29) is 5.69 Å². The highest BCUT2D eigenvalue weighted by molar-refractivity contribution is 6.04. The van der Waals surface area contributed by atoms with Gasteiger partial charge in [-0.15, -0.1) is 0 Å². The molecule has 0 radical (unpaired) electrons. The van der Waals surface area contributed by atoms with Gasteiger partial charge in [-0.05, 0) is 13.0 Å². The fourth-order valence-electron chi connectivity index (χ4n) is 1.68. The smallest absolute Gasteiger partial charge is 0.342 e. The van der Waals surface area contributed by atoms with Crippen molar-refractivity contribution in [3.05, 3.63) is 39.6 Å². The molecule has 0 bridgehead atoms. The number of nitro groups is 1. The van der Waals surface area contributed by atoms with Crippen LogP contribution in [0.3, 0.4) is 0 Å². The second-order valence-electron chi connectivity index (χ2n) is 3.46. The number of hydrogen-bond acceptors (Lipinski definition) is 5. The van der Waals surface area contributed by atoms with Crippen molar-refractivity contribution in [1.82, 2.24) is 0 Å². The number of esters is 1. The van der Waals surface area contributed by atoms with E-state index in [1.165, 1.54) is 25.3 Å². The predicted octanol–water partition coefficient (Wildman–Crippen LogP) is 2.44. The minimum absolute atomic E-state index is 0.0809. The van der Waals surface area contributed by atoms with Gasteiger partial charge in [0.15, 0.2) is 0 Å².